The highest BCUT2D eigenvalue weighted by molar-refractivity contribution is 9.11. The maximum absolute atomic E-state index is 12.5. The lowest BCUT2D eigenvalue weighted by Crippen LogP contribution is -2.11. The molecule has 94 valence electrons. The molecule has 2 rings (SSSR count). The van der Waals surface area contributed by atoms with Crippen molar-refractivity contribution in [2.45, 2.75) is 13.5 Å². The minimum atomic E-state index is -0.146. The summed E-state index contributed by atoms with van der Waals surface area (Å²) in [7, 11) is 0. The van der Waals surface area contributed by atoms with Crippen molar-refractivity contribution in [2.24, 2.45) is 0 Å². The van der Waals surface area contributed by atoms with Gasteiger partial charge in [0.05, 0.1) is 11.2 Å². The molecule has 0 aliphatic heterocycles. The molecule has 0 radical (unpaired) electrons. The fourth-order valence-corrected chi connectivity index (χ4v) is 2.64. The average Bonchev–Trinajstić information content (AvgIpc) is 2.72. The van der Waals surface area contributed by atoms with Gasteiger partial charge < -0.3 is 0 Å². The predicted octanol–water partition coefficient (Wildman–Crippen LogP) is 4.31. The molecule has 0 saturated carbocycles. The minimum absolute atomic E-state index is 0.146. The number of hydrogen-bond acceptors (Lipinski definition) is 2. The first-order chi connectivity index (χ1) is 8.54. The van der Waals surface area contributed by atoms with Gasteiger partial charge >= 0.3 is 0 Å². The van der Waals surface area contributed by atoms with Crippen LogP contribution in [0, 0.1) is 0 Å². The van der Waals surface area contributed by atoms with E-state index in [2.05, 4.69) is 37.0 Å². The van der Waals surface area contributed by atoms with Crippen LogP contribution >= 0.6 is 43.5 Å². The van der Waals surface area contributed by atoms with Crippen molar-refractivity contribution in [1.82, 2.24) is 9.78 Å². The topological polar surface area (TPSA) is 34.9 Å². The van der Waals surface area contributed by atoms with Crippen LogP contribution in [-0.4, -0.2) is 15.6 Å². The van der Waals surface area contributed by atoms with Crippen LogP contribution in [0.1, 0.15) is 23.0 Å². The van der Waals surface area contributed by atoms with Crippen molar-refractivity contribution in [3.05, 3.63) is 49.6 Å². The predicted molar refractivity (Wildman–Crippen MR) is 78.2 cm³/mol. The molecule has 0 bridgehead atoms. The fourth-order valence-electron chi connectivity index (χ4n) is 1.63. The molecular weight excluding hydrogens is 383 g/mol. The summed E-state index contributed by atoms with van der Waals surface area (Å²) < 4.78 is 3.17. The Hall–Kier alpha value is -0.650. The number of hydrogen-bond donors (Lipinski definition) is 0. The second kappa shape index (κ2) is 5.55. The van der Waals surface area contributed by atoms with Gasteiger partial charge in [0.25, 0.3) is 0 Å². The lowest BCUT2D eigenvalue weighted by atomic mass is 10.1. The van der Waals surface area contributed by atoms with E-state index in [-0.39, 0.29) is 5.78 Å². The number of carbonyl (C=O) groups excluding carboxylic acids is 1. The summed E-state index contributed by atoms with van der Waals surface area (Å²) in [4.78, 5) is 12.5. The first kappa shape index (κ1) is 13.8. The van der Waals surface area contributed by atoms with Crippen LogP contribution in [-0.2, 0) is 6.54 Å². The molecular formula is C12H9Br2ClN2O. The largest absolute Gasteiger partial charge is 0.287 e. The summed E-state index contributed by atoms with van der Waals surface area (Å²) in [6.07, 6.45) is 1.49. The molecule has 18 heavy (non-hydrogen) atoms. The molecule has 0 aliphatic carbocycles. The van der Waals surface area contributed by atoms with Gasteiger partial charge in [0.15, 0.2) is 0 Å². The summed E-state index contributed by atoms with van der Waals surface area (Å²) in [5, 5.41) is 4.44. The summed E-state index contributed by atoms with van der Waals surface area (Å²) in [6.45, 7) is 2.51. The Labute approximate surface area is 126 Å². The van der Waals surface area contributed by atoms with Crippen LogP contribution in [0.5, 0.6) is 0 Å². The maximum Gasteiger partial charge on any atom is 0.213 e. The fraction of sp³-hybridized carbons (Fsp3) is 0.167. The number of aryl methyl sites for hydroxylation is 1. The van der Waals surface area contributed by atoms with E-state index in [4.69, 9.17) is 11.6 Å². The standard InChI is InChI=1S/C12H9Br2ClN2O/c1-2-17-11(10(15)6-16-17)12(18)8-5-7(13)3-4-9(8)14/h3-6H,2H2,1H3. The zero-order valence-electron chi connectivity index (χ0n) is 9.45. The van der Waals surface area contributed by atoms with Crippen LogP contribution in [0.4, 0.5) is 0 Å². The summed E-state index contributed by atoms with van der Waals surface area (Å²) in [5.41, 5.74) is 0.972. The Morgan fingerprint density at radius 1 is 1.44 bits per heavy atom. The van der Waals surface area contributed by atoms with Crippen LogP contribution in [0.2, 0.25) is 5.02 Å². The molecule has 0 atom stereocenters. The Bertz CT molecular complexity index is 610. The second-order valence-electron chi connectivity index (χ2n) is 3.61. The Morgan fingerprint density at radius 3 is 2.83 bits per heavy atom. The number of benzene rings is 1. The smallest absolute Gasteiger partial charge is 0.213 e. The minimum Gasteiger partial charge on any atom is -0.287 e. The van der Waals surface area contributed by atoms with Gasteiger partial charge in [0, 0.05) is 21.1 Å². The summed E-state index contributed by atoms with van der Waals surface area (Å²) in [5.74, 6) is -0.146. The first-order valence-corrected chi connectivity index (χ1v) is 7.22. The van der Waals surface area contributed by atoms with E-state index < -0.39 is 0 Å². The Balaban J connectivity index is 2.54. The average molecular weight is 392 g/mol. The van der Waals surface area contributed by atoms with Crippen LogP contribution < -0.4 is 0 Å². The lowest BCUT2D eigenvalue weighted by molar-refractivity contribution is 0.102. The number of aromatic nitrogens is 2. The molecule has 2 aromatic rings. The molecule has 1 heterocycles. The summed E-state index contributed by atoms with van der Waals surface area (Å²) >= 11 is 12.8. The first-order valence-electron chi connectivity index (χ1n) is 5.25. The van der Waals surface area contributed by atoms with Gasteiger partial charge in [-0.2, -0.15) is 5.10 Å². The molecule has 0 aliphatic rings. The van der Waals surface area contributed by atoms with E-state index in [1.54, 1.807) is 10.7 Å². The molecule has 1 aromatic carbocycles. The zero-order chi connectivity index (χ0) is 13.3. The Kier molecular flexibility index (Phi) is 4.25. The van der Waals surface area contributed by atoms with E-state index >= 15 is 0 Å². The monoisotopic (exact) mass is 390 g/mol. The molecule has 3 nitrogen and oxygen atoms in total. The van der Waals surface area contributed by atoms with Crippen LogP contribution in [0.25, 0.3) is 0 Å². The van der Waals surface area contributed by atoms with E-state index in [0.717, 1.165) is 8.95 Å². The zero-order valence-corrected chi connectivity index (χ0v) is 13.4. The molecule has 0 N–H and O–H groups in total. The second-order valence-corrected chi connectivity index (χ2v) is 5.79. The van der Waals surface area contributed by atoms with Crippen LogP contribution in [0.3, 0.4) is 0 Å². The van der Waals surface area contributed by atoms with Crippen molar-refractivity contribution < 1.29 is 4.79 Å². The van der Waals surface area contributed by atoms with Gasteiger partial charge in [-0.25, -0.2) is 0 Å². The highest BCUT2D eigenvalue weighted by Gasteiger charge is 2.20. The molecule has 0 unspecified atom stereocenters. The van der Waals surface area contributed by atoms with Crippen molar-refractivity contribution in [2.75, 3.05) is 0 Å². The molecule has 6 heteroatoms. The molecule has 0 spiro atoms. The van der Waals surface area contributed by atoms with Gasteiger partial charge in [0.2, 0.25) is 5.78 Å². The molecule has 1 aromatic heterocycles. The van der Waals surface area contributed by atoms with Crippen molar-refractivity contribution in [1.29, 1.82) is 0 Å². The highest BCUT2D eigenvalue weighted by atomic mass is 79.9. The molecule has 0 fully saturated rings. The van der Waals surface area contributed by atoms with Gasteiger partial charge in [-0.3, -0.25) is 9.48 Å². The highest BCUT2D eigenvalue weighted by Crippen LogP contribution is 2.26. The Morgan fingerprint density at radius 2 is 2.17 bits per heavy atom. The van der Waals surface area contributed by atoms with E-state index in [0.29, 0.717) is 22.8 Å². The van der Waals surface area contributed by atoms with E-state index in [9.17, 15) is 4.79 Å². The quantitative estimate of drug-likeness (QED) is 0.730. The number of rotatable bonds is 3. The van der Waals surface area contributed by atoms with Crippen molar-refractivity contribution >= 4 is 49.2 Å². The van der Waals surface area contributed by atoms with Gasteiger partial charge in [0.1, 0.15) is 5.69 Å². The van der Waals surface area contributed by atoms with E-state index in [1.807, 2.05) is 19.1 Å². The maximum atomic E-state index is 12.5. The number of halogens is 3. The van der Waals surface area contributed by atoms with E-state index in [1.165, 1.54) is 6.20 Å². The SMILES string of the molecule is CCn1ncc(Cl)c1C(=O)c1cc(Br)ccc1Br. The van der Waals surface area contributed by atoms with Crippen LogP contribution in [0.15, 0.2) is 33.3 Å². The number of carbonyl (C=O) groups is 1. The molecule has 0 saturated heterocycles. The molecule has 0 amide bonds. The van der Waals surface area contributed by atoms with Gasteiger partial charge in [-0.05, 0) is 25.1 Å². The number of ketones is 1. The third-order valence-electron chi connectivity index (χ3n) is 2.48. The lowest BCUT2D eigenvalue weighted by Gasteiger charge is -2.07. The third-order valence-corrected chi connectivity index (χ3v) is 3.94. The van der Waals surface area contributed by atoms with Gasteiger partial charge in [-0.1, -0.05) is 43.5 Å². The van der Waals surface area contributed by atoms with Gasteiger partial charge in [-0.15, -0.1) is 0 Å². The third kappa shape index (κ3) is 2.53. The summed E-state index contributed by atoms with van der Waals surface area (Å²) in [6, 6.07) is 5.44. The number of nitrogens with zero attached hydrogens (tertiary/aromatic N) is 2. The normalized spacial score (nSPS) is 10.7. The van der Waals surface area contributed by atoms with Crippen molar-refractivity contribution in [3.8, 4) is 0 Å². The van der Waals surface area contributed by atoms with Crippen molar-refractivity contribution in [3.63, 3.8) is 0 Å².